The maximum Gasteiger partial charge on any atom is 0.0638 e. The summed E-state index contributed by atoms with van der Waals surface area (Å²) in [6.07, 6.45) is 0. The molecule has 1 aromatic carbocycles. The molecule has 0 fully saturated rings. The largest absolute Gasteiger partial charge is 0.398 e. The van der Waals surface area contributed by atoms with Crippen molar-refractivity contribution in [2.45, 2.75) is 13.1 Å². The molecule has 0 aliphatic carbocycles. The highest BCUT2D eigenvalue weighted by molar-refractivity contribution is 9.10. The highest BCUT2D eigenvalue weighted by Gasteiger charge is 2.00. The molecule has 0 atom stereocenters. The molecule has 2 aromatic rings. The molecular weight excluding hydrogens is 320 g/mol. The number of nitrogens with two attached hydrogens (primary N) is 1. The Morgan fingerprint density at radius 1 is 1.29 bits per heavy atom. The van der Waals surface area contributed by atoms with Crippen molar-refractivity contribution in [3.63, 3.8) is 0 Å². The van der Waals surface area contributed by atoms with E-state index in [2.05, 4.69) is 32.7 Å². The van der Waals surface area contributed by atoms with Crippen molar-refractivity contribution in [1.82, 2.24) is 5.32 Å². The number of benzene rings is 1. The van der Waals surface area contributed by atoms with Crippen LogP contribution in [-0.2, 0) is 13.1 Å². The monoisotopic (exact) mass is 330 g/mol. The zero-order valence-corrected chi connectivity index (χ0v) is 12.2. The average Bonchev–Trinajstić information content (AvgIpc) is 2.70. The van der Waals surface area contributed by atoms with Gasteiger partial charge in [-0.1, -0.05) is 17.7 Å². The number of rotatable bonds is 4. The van der Waals surface area contributed by atoms with Gasteiger partial charge in [0, 0.05) is 27.8 Å². The second kappa shape index (κ2) is 5.87. The molecule has 0 aliphatic rings. The van der Waals surface area contributed by atoms with E-state index in [1.54, 1.807) is 11.3 Å². The van der Waals surface area contributed by atoms with Gasteiger partial charge in [-0.2, -0.15) is 0 Å². The van der Waals surface area contributed by atoms with Gasteiger partial charge in [-0.05, 0) is 39.7 Å². The fraction of sp³-hybridized carbons (Fsp3) is 0.167. The lowest BCUT2D eigenvalue weighted by atomic mass is 10.2. The molecule has 1 aromatic heterocycles. The van der Waals surface area contributed by atoms with Gasteiger partial charge in [-0.3, -0.25) is 0 Å². The Kier molecular flexibility index (Phi) is 4.45. The zero-order valence-electron chi connectivity index (χ0n) is 9.04. The Hall–Kier alpha value is -0.550. The van der Waals surface area contributed by atoms with Gasteiger partial charge < -0.3 is 11.1 Å². The van der Waals surface area contributed by atoms with E-state index < -0.39 is 0 Å². The maximum atomic E-state index is 5.96. The van der Waals surface area contributed by atoms with Crippen molar-refractivity contribution in [1.29, 1.82) is 0 Å². The second-order valence-corrected chi connectivity index (χ2v) is 6.01. The van der Waals surface area contributed by atoms with Crippen LogP contribution in [0.25, 0.3) is 0 Å². The average molecular weight is 332 g/mol. The fourth-order valence-electron chi connectivity index (χ4n) is 1.46. The molecule has 5 heteroatoms. The van der Waals surface area contributed by atoms with Crippen LogP contribution >= 0.6 is 38.9 Å². The van der Waals surface area contributed by atoms with Crippen LogP contribution in [0.15, 0.2) is 34.1 Å². The van der Waals surface area contributed by atoms with Crippen LogP contribution in [0.4, 0.5) is 5.69 Å². The third kappa shape index (κ3) is 3.71. The quantitative estimate of drug-likeness (QED) is 0.830. The van der Waals surface area contributed by atoms with Crippen molar-refractivity contribution < 1.29 is 0 Å². The van der Waals surface area contributed by atoms with E-state index >= 15 is 0 Å². The van der Waals surface area contributed by atoms with E-state index in [4.69, 9.17) is 17.3 Å². The normalized spacial score (nSPS) is 10.7. The third-order valence-corrected chi connectivity index (χ3v) is 4.34. The van der Waals surface area contributed by atoms with Crippen molar-refractivity contribution in [3.05, 3.63) is 49.6 Å². The summed E-state index contributed by atoms with van der Waals surface area (Å²) in [6, 6.07) is 7.83. The summed E-state index contributed by atoms with van der Waals surface area (Å²) in [5.41, 5.74) is 7.42. The van der Waals surface area contributed by atoms with Gasteiger partial charge in [-0.25, -0.2) is 0 Å². The molecule has 90 valence electrons. The fourth-order valence-corrected chi connectivity index (χ4v) is 3.08. The highest BCUT2D eigenvalue weighted by Crippen LogP contribution is 2.21. The second-order valence-electron chi connectivity index (χ2n) is 3.69. The first-order valence-electron chi connectivity index (χ1n) is 5.12. The molecule has 0 saturated carbocycles. The Morgan fingerprint density at radius 3 is 2.76 bits per heavy atom. The van der Waals surface area contributed by atoms with Gasteiger partial charge in [0.15, 0.2) is 0 Å². The van der Waals surface area contributed by atoms with Crippen molar-refractivity contribution in [2.75, 3.05) is 5.73 Å². The van der Waals surface area contributed by atoms with Crippen LogP contribution in [0.5, 0.6) is 0 Å². The van der Waals surface area contributed by atoms with E-state index in [9.17, 15) is 0 Å². The van der Waals surface area contributed by atoms with Crippen LogP contribution in [0.3, 0.4) is 0 Å². The van der Waals surface area contributed by atoms with Crippen molar-refractivity contribution in [3.8, 4) is 0 Å². The molecule has 0 saturated heterocycles. The Morgan fingerprint density at radius 2 is 2.12 bits per heavy atom. The Labute approximate surface area is 118 Å². The molecule has 1 heterocycles. The van der Waals surface area contributed by atoms with Crippen molar-refractivity contribution in [2.24, 2.45) is 0 Å². The SMILES string of the molecule is Nc1ccc(CNCc2cc(Br)cs2)cc1Cl. The first-order chi connectivity index (χ1) is 8.15. The van der Waals surface area contributed by atoms with Gasteiger partial charge in [0.05, 0.1) is 10.7 Å². The number of nitrogens with one attached hydrogen (secondary N) is 1. The summed E-state index contributed by atoms with van der Waals surface area (Å²) >= 11 is 11.1. The summed E-state index contributed by atoms with van der Waals surface area (Å²) in [7, 11) is 0. The summed E-state index contributed by atoms with van der Waals surface area (Å²) in [6.45, 7) is 1.65. The molecule has 0 radical (unpaired) electrons. The molecule has 0 spiro atoms. The number of hydrogen-bond donors (Lipinski definition) is 2. The lowest BCUT2D eigenvalue weighted by Gasteiger charge is -2.05. The predicted octanol–water partition coefficient (Wildman–Crippen LogP) is 4.04. The minimum atomic E-state index is 0.614. The third-order valence-electron chi connectivity index (χ3n) is 2.31. The number of hydrogen-bond acceptors (Lipinski definition) is 3. The number of anilines is 1. The van der Waals surface area contributed by atoms with E-state index in [1.165, 1.54) is 4.88 Å². The summed E-state index contributed by atoms with van der Waals surface area (Å²) in [5.74, 6) is 0. The van der Waals surface area contributed by atoms with E-state index in [-0.39, 0.29) is 0 Å². The van der Waals surface area contributed by atoms with E-state index in [0.717, 1.165) is 23.1 Å². The number of halogens is 2. The van der Waals surface area contributed by atoms with Crippen LogP contribution in [0.2, 0.25) is 5.02 Å². The molecule has 3 N–H and O–H groups in total. The maximum absolute atomic E-state index is 5.96. The molecular formula is C12H12BrClN2S. The molecule has 2 rings (SSSR count). The number of thiophene rings is 1. The van der Waals surface area contributed by atoms with Crippen LogP contribution in [0.1, 0.15) is 10.4 Å². The lowest BCUT2D eigenvalue weighted by Crippen LogP contribution is -2.11. The molecule has 0 bridgehead atoms. The standard InChI is InChI=1S/C12H12BrClN2S/c13-9-4-10(17-7-9)6-16-5-8-1-2-12(15)11(14)3-8/h1-4,7,16H,5-6,15H2. The summed E-state index contributed by atoms with van der Waals surface area (Å²) < 4.78 is 1.13. The van der Waals surface area contributed by atoms with Crippen LogP contribution < -0.4 is 11.1 Å². The first-order valence-corrected chi connectivity index (χ1v) is 7.18. The van der Waals surface area contributed by atoms with Crippen LogP contribution in [0, 0.1) is 0 Å². The van der Waals surface area contributed by atoms with Gasteiger partial charge in [0.2, 0.25) is 0 Å². The predicted molar refractivity (Wildman–Crippen MR) is 78.4 cm³/mol. The molecule has 0 aliphatic heterocycles. The molecule has 2 nitrogen and oxygen atoms in total. The minimum absolute atomic E-state index is 0.614. The Balaban J connectivity index is 1.87. The van der Waals surface area contributed by atoms with E-state index in [1.807, 2.05) is 18.2 Å². The molecule has 0 unspecified atom stereocenters. The summed E-state index contributed by atoms with van der Waals surface area (Å²) in [5, 5.41) is 6.06. The zero-order chi connectivity index (χ0) is 12.3. The number of nitrogen functional groups attached to an aromatic ring is 1. The summed E-state index contributed by atoms with van der Waals surface area (Å²) in [4.78, 5) is 1.30. The van der Waals surface area contributed by atoms with Crippen LogP contribution in [-0.4, -0.2) is 0 Å². The van der Waals surface area contributed by atoms with Gasteiger partial charge in [0.1, 0.15) is 0 Å². The minimum Gasteiger partial charge on any atom is -0.398 e. The lowest BCUT2D eigenvalue weighted by molar-refractivity contribution is 0.701. The van der Waals surface area contributed by atoms with Gasteiger partial charge in [-0.15, -0.1) is 11.3 Å². The highest BCUT2D eigenvalue weighted by atomic mass is 79.9. The van der Waals surface area contributed by atoms with E-state index in [0.29, 0.717) is 10.7 Å². The Bertz CT molecular complexity index is 513. The van der Waals surface area contributed by atoms with Gasteiger partial charge >= 0.3 is 0 Å². The topological polar surface area (TPSA) is 38.0 Å². The van der Waals surface area contributed by atoms with Crippen molar-refractivity contribution >= 4 is 44.6 Å². The molecule has 0 amide bonds. The first kappa shape index (κ1) is 12.9. The smallest absolute Gasteiger partial charge is 0.0638 e. The van der Waals surface area contributed by atoms with Gasteiger partial charge in [0.25, 0.3) is 0 Å². The molecule has 17 heavy (non-hydrogen) atoms.